The van der Waals surface area contributed by atoms with Crippen LogP contribution in [0.15, 0.2) is 0 Å². The Morgan fingerprint density at radius 3 is 2.76 bits per heavy atom. The van der Waals surface area contributed by atoms with Crippen LogP contribution in [0.2, 0.25) is 0 Å². The summed E-state index contributed by atoms with van der Waals surface area (Å²) in [5.41, 5.74) is 3.84. The van der Waals surface area contributed by atoms with Gasteiger partial charge in [-0.05, 0) is 59.0 Å². The van der Waals surface area contributed by atoms with Gasteiger partial charge in [-0.15, -0.1) is 0 Å². The molecule has 2 aliphatic heterocycles. The smallest absolute Gasteiger partial charge is 0.228 e. The summed E-state index contributed by atoms with van der Waals surface area (Å²) >= 11 is 0. The van der Waals surface area contributed by atoms with Crippen LogP contribution < -0.4 is 5.32 Å². The Morgan fingerprint density at radius 1 is 1.28 bits per heavy atom. The number of nitrogens with zero attached hydrogens (tertiary/aromatic N) is 4. The van der Waals surface area contributed by atoms with Gasteiger partial charge in [-0.3, -0.25) is 14.4 Å². The molecule has 7 nitrogen and oxygen atoms in total. The highest BCUT2D eigenvalue weighted by molar-refractivity contribution is 5.85. The number of carbonyl (C=O) groups is 1. The predicted octanol–water partition coefficient (Wildman–Crippen LogP) is 1.96. The highest BCUT2D eigenvalue weighted by atomic mass is 16.5. The number of carbonyl (C=O) groups excluding carboxylic acids is 1. The van der Waals surface area contributed by atoms with Crippen LogP contribution in [-0.2, 0) is 29.2 Å². The van der Waals surface area contributed by atoms with E-state index >= 15 is 0 Å². The number of hydrogen-bond acceptors (Lipinski definition) is 5. The molecule has 0 unspecified atom stereocenters. The van der Waals surface area contributed by atoms with E-state index in [9.17, 15) is 4.79 Å². The van der Waals surface area contributed by atoms with E-state index in [2.05, 4.69) is 33.8 Å². The van der Waals surface area contributed by atoms with Crippen LogP contribution in [0.4, 0.5) is 0 Å². The molecule has 1 saturated carbocycles. The number of fused-ring (bicyclic) bond motifs is 1. The number of rotatable bonds is 7. The summed E-state index contributed by atoms with van der Waals surface area (Å²) in [6.45, 7) is 9.02. The Balaban J connectivity index is 1.52. The number of nitrogens with one attached hydrogen (secondary N) is 1. The van der Waals surface area contributed by atoms with Crippen molar-refractivity contribution in [1.29, 1.82) is 0 Å². The standard InChI is InChI=1S/C22H37N5O2/c1-4-26-11-9-22(21(26)28)7-5-17(6-8-22)20-18(15-25(3)12-10-23-2)24-27-13-14-29-16-19(20)27/h17,23H,4-16H2,1-3H3. The Labute approximate surface area is 174 Å². The van der Waals surface area contributed by atoms with Gasteiger partial charge in [-0.2, -0.15) is 5.10 Å². The Hall–Kier alpha value is -1.44. The van der Waals surface area contributed by atoms with Crippen molar-refractivity contribution in [2.45, 2.75) is 64.6 Å². The minimum atomic E-state index is -0.0833. The number of ether oxygens (including phenoxy) is 1. The third kappa shape index (κ3) is 3.97. The van der Waals surface area contributed by atoms with Gasteiger partial charge in [0.2, 0.25) is 5.91 Å². The summed E-state index contributed by atoms with van der Waals surface area (Å²) in [4.78, 5) is 17.3. The van der Waals surface area contributed by atoms with Gasteiger partial charge in [0, 0.05) is 38.3 Å². The molecule has 1 spiro atoms. The van der Waals surface area contributed by atoms with Gasteiger partial charge >= 0.3 is 0 Å². The lowest BCUT2D eigenvalue weighted by Crippen LogP contribution is -2.37. The van der Waals surface area contributed by atoms with E-state index in [0.29, 0.717) is 18.4 Å². The lowest BCUT2D eigenvalue weighted by molar-refractivity contribution is -0.137. The van der Waals surface area contributed by atoms with E-state index in [-0.39, 0.29) is 5.41 Å². The van der Waals surface area contributed by atoms with E-state index in [4.69, 9.17) is 9.84 Å². The molecule has 0 atom stereocenters. The first kappa shape index (κ1) is 20.8. The molecule has 29 heavy (non-hydrogen) atoms. The van der Waals surface area contributed by atoms with Gasteiger partial charge in [0.1, 0.15) is 0 Å². The number of likely N-dealkylation sites (tertiary alicyclic amines) is 1. The molecule has 162 valence electrons. The maximum Gasteiger partial charge on any atom is 0.228 e. The molecular formula is C22H37N5O2. The second-order valence-corrected chi connectivity index (χ2v) is 9.11. The first-order valence-corrected chi connectivity index (χ1v) is 11.4. The van der Waals surface area contributed by atoms with E-state index in [1.54, 1.807) is 0 Å². The van der Waals surface area contributed by atoms with E-state index < -0.39 is 0 Å². The minimum Gasteiger partial charge on any atom is -0.373 e. The zero-order chi connectivity index (χ0) is 20.4. The first-order chi connectivity index (χ1) is 14.1. The van der Waals surface area contributed by atoms with Crippen molar-refractivity contribution in [1.82, 2.24) is 24.9 Å². The SMILES string of the molecule is CCN1CCC2(CCC(c3c(CN(C)CCNC)nn4c3COCC4)CC2)C1=O. The van der Waals surface area contributed by atoms with Gasteiger partial charge in [0.05, 0.1) is 36.6 Å². The highest BCUT2D eigenvalue weighted by Crippen LogP contribution is 2.50. The number of aromatic nitrogens is 2. The molecule has 1 saturated heterocycles. The number of amides is 1. The molecule has 7 heteroatoms. The number of hydrogen-bond donors (Lipinski definition) is 1. The minimum absolute atomic E-state index is 0.0833. The zero-order valence-corrected chi connectivity index (χ0v) is 18.4. The van der Waals surface area contributed by atoms with Crippen LogP contribution in [0.25, 0.3) is 0 Å². The van der Waals surface area contributed by atoms with Crippen LogP contribution in [0, 0.1) is 5.41 Å². The summed E-state index contributed by atoms with van der Waals surface area (Å²) < 4.78 is 7.99. The van der Waals surface area contributed by atoms with Crippen LogP contribution >= 0.6 is 0 Å². The molecule has 0 bridgehead atoms. The quantitative estimate of drug-likeness (QED) is 0.754. The van der Waals surface area contributed by atoms with Gasteiger partial charge < -0.3 is 15.0 Å². The van der Waals surface area contributed by atoms with Crippen molar-refractivity contribution in [3.63, 3.8) is 0 Å². The average Bonchev–Trinajstić information content (AvgIpc) is 3.25. The fourth-order valence-corrected chi connectivity index (χ4v) is 5.57. The van der Waals surface area contributed by atoms with Crippen molar-refractivity contribution in [3.8, 4) is 0 Å². The maximum atomic E-state index is 12.9. The van der Waals surface area contributed by atoms with Crippen LogP contribution in [0.3, 0.4) is 0 Å². The molecule has 3 aliphatic rings. The van der Waals surface area contributed by atoms with Gasteiger partial charge in [-0.25, -0.2) is 0 Å². The second-order valence-electron chi connectivity index (χ2n) is 9.11. The Bertz CT molecular complexity index is 723. The first-order valence-electron chi connectivity index (χ1n) is 11.4. The third-order valence-electron chi connectivity index (χ3n) is 7.36. The van der Waals surface area contributed by atoms with Crippen LogP contribution in [0.5, 0.6) is 0 Å². The average molecular weight is 404 g/mol. The van der Waals surface area contributed by atoms with Crippen LogP contribution in [0.1, 0.15) is 61.9 Å². The summed E-state index contributed by atoms with van der Waals surface area (Å²) in [5, 5.41) is 8.23. The largest absolute Gasteiger partial charge is 0.373 e. The summed E-state index contributed by atoms with van der Waals surface area (Å²) in [6, 6.07) is 0. The molecule has 0 aromatic carbocycles. The van der Waals surface area contributed by atoms with Crippen molar-refractivity contribution in [2.24, 2.45) is 5.41 Å². The van der Waals surface area contributed by atoms with E-state index in [1.165, 1.54) is 17.0 Å². The lowest BCUT2D eigenvalue weighted by Gasteiger charge is -2.36. The molecule has 2 fully saturated rings. The fourth-order valence-electron chi connectivity index (χ4n) is 5.57. The Morgan fingerprint density at radius 2 is 2.07 bits per heavy atom. The highest BCUT2D eigenvalue weighted by Gasteiger charge is 2.48. The zero-order valence-electron chi connectivity index (χ0n) is 18.4. The topological polar surface area (TPSA) is 62.6 Å². The molecule has 1 aliphatic carbocycles. The molecule has 3 heterocycles. The molecule has 1 N–H and O–H groups in total. The van der Waals surface area contributed by atoms with Gasteiger partial charge in [0.15, 0.2) is 0 Å². The predicted molar refractivity (Wildman–Crippen MR) is 113 cm³/mol. The molecular weight excluding hydrogens is 366 g/mol. The van der Waals surface area contributed by atoms with Crippen molar-refractivity contribution < 1.29 is 9.53 Å². The molecule has 1 aromatic heterocycles. The van der Waals surface area contributed by atoms with E-state index in [0.717, 1.165) is 78.0 Å². The fraction of sp³-hybridized carbons (Fsp3) is 0.818. The normalized spacial score (nSPS) is 27.2. The monoisotopic (exact) mass is 403 g/mol. The number of likely N-dealkylation sites (N-methyl/N-ethyl adjacent to an activating group) is 2. The lowest BCUT2D eigenvalue weighted by atomic mass is 9.67. The molecule has 1 amide bonds. The van der Waals surface area contributed by atoms with Crippen molar-refractivity contribution in [3.05, 3.63) is 17.0 Å². The van der Waals surface area contributed by atoms with Gasteiger partial charge in [0.25, 0.3) is 0 Å². The summed E-state index contributed by atoms with van der Waals surface area (Å²) in [6.07, 6.45) is 5.27. The molecule has 4 rings (SSSR count). The second kappa shape index (κ2) is 8.74. The third-order valence-corrected chi connectivity index (χ3v) is 7.36. The molecule has 0 radical (unpaired) electrons. The van der Waals surface area contributed by atoms with Crippen molar-refractivity contribution in [2.75, 3.05) is 46.9 Å². The van der Waals surface area contributed by atoms with Gasteiger partial charge in [-0.1, -0.05) is 0 Å². The summed E-state index contributed by atoms with van der Waals surface area (Å²) in [5.74, 6) is 0.910. The Kier molecular flexibility index (Phi) is 6.27. The summed E-state index contributed by atoms with van der Waals surface area (Å²) in [7, 11) is 4.16. The molecule has 1 aromatic rings. The van der Waals surface area contributed by atoms with Crippen LogP contribution in [-0.4, -0.2) is 72.4 Å². The maximum absolute atomic E-state index is 12.9. The van der Waals surface area contributed by atoms with E-state index in [1.807, 2.05) is 7.05 Å². The van der Waals surface area contributed by atoms with Crippen molar-refractivity contribution >= 4 is 5.91 Å².